The molecule has 6 heteroatoms. The summed E-state index contributed by atoms with van der Waals surface area (Å²) in [5.74, 6) is 1.29. The van der Waals surface area contributed by atoms with Crippen molar-refractivity contribution < 1.29 is 4.74 Å². The van der Waals surface area contributed by atoms with E-state index in [4.69, 9.17) is 4.74 Å². The lowest BCUT2D eigenvalue weighted by molar-refractivity contribution is 0.375. The minimum Gasteiger partial charge on any atom is -0.486 e. The monoisotopic (exact) mass is 355 g/mol. The Morgan fingerprint density at radius 1 is 0.926 bits per heavy atom. The average Bonchev–Trinajstić information content (AvgIpc) is 2.75. The average molecular weight is 355 g/mol. The maximum Gasteiger partial charge on any atom is 0.176 e. The number of ether oxygens (including phenoxy) is 1. The molecule has 0 aliphatic carbocycles. The van der Waals surface area contributed by atoms with Crippen LogP contribution in [0.4, 0.5) is 5.82 Å². The predicted molar refractivity (Wildman–Crippen MR) is 106 cm³/mol. The summed E-state index contributed by atoms with van der Waals surface area (Å²) in [6.45, 7) is 0.293. The van der Waals surface area contributed by atoms with E-state index in [2.05, 4.69) is 25.7 Å². The number of aromatic nitrogens is 3. The molecule has 2 aromatic carbocycles. The van der Waals surface area contributed by atoms with Gasteiger partial charge in [0.2, 0.25) is 0 Å². The van der Waals surface area contributed by atoms with E-state index in [0.29, 0.717) is 18.2 Å². The van der Waals surface area contributed by atoms with Crippen LogP contribution in [0.2, 0.25) is 0 Å². The molecule has 0 bridgehead atoms. The van der Waals surface area contributed by atoms with Crippen LogP contribution in [0.1, 0.15) is 5.56 Å². The standard InChI is InChI=1S/C21H17N5O/c1-2-7-16(8-3-1)20(15-27-18-10-6-12-22-14-18)24-26-21-19-11-5-4-9-17(19)13-23-25-21/h1-14H,15H2,(H,25,26)/b24-20-. The van der Waals surface area contributed by atoms with Crippen molar-refractivity contribution in [3.8, 4) is 5.75 Å². The van der Waals surface area contributed by atoms with Crippen molar-refractivity contribution in [3.05, 3.63) is 90.9 Å². The lowest BCUT2D eigenvalue weighted by Gasteiger charge is -2.10. The second kappa shape index (κ2) is 8.05. The topological polar surface area (TPSA) is 72.3 Å². The first kappa shape index (κ1) is 16.7. The number of rotatable bonds is 6. The zero-order valence-electron chi connectivity index (χ0n) is 14.5. The van der Waals surface area contributed by atoms with Gasteiger partial charge in [0, 0.05) is 22.5 Å². The van der Waals surface area contributed by atoms with Crippen molar-refractivity contribution in [1.29, 1.82) is 0 Å². The molecule has 0 saturated carbocycles. The van der Waals surface area contributed by atoms with E-state index in [0.717, 1.165) is 22.0 Å². The van der Waals surface area contributed by atoms with Crippen LogP contribution < -0.4 is 10.2 Å². The molecule has 0 radical (unpaired) electrons. The Bertz CT molecular complexity index is 1050. The first-order valence-electron chi connectivity index (χ1n) is 8.51. The molecule has 4 rings (SSSR count). The highest BCUT2D eigenvalue weighted by atomic mass is 16.5. The largest absolute Gasteiger partial charge is 0.486 e. The van der Waals surface area contributed by atoms with Crippen molar-refractivity contribution in [3.63, 3.8) is 0 Å². The first-order valence-corrected chi connectivity index (χ1v) is 8.51. The second-order valence-electron chi connectivity index (χ2n) is 5.79. The van der Waals surface area contributed by atoms with Crippen LogP contribution in [-0.4, -0.2) is 27.5 Å². The van der Waals surface area contributed by atoms with E-state index in [1.54, 1.807) is 18.6 Å². The molecule has 132 valence electrons. The Kier molecular flexibility index (Phi) is 4.97. The van der Waals surface area contributed by atoms with Crippen molar-refractivity contribution in [1.82, 2.24) is 15.2 Å². The number of hydrogen-bond acceptors (Lipinski definition) is 6. The Balaban J connectivity index is 1.61. The van der Waals surface area contributed by atoms with Crippen molar-refractivity contribution in [2.75, 3.05) is 12.0 Å². The number of nitrogens with one attached hydrogen (secondary N) is 1. The van der Waals surface area contributed by atoms with Gasteiger partial charge in [-0.05, 0) is 12.1 Å². The Labute approximate surface area is 156 Å². The summed E-state index contributed by atoms with van der Waals surface area (Å²) in [5, 5.41) is 14.7. The Hall–Kier alpha value is -3.80. The second-order valence-corrected chi connectivity index (χ2v) is 5.79. The molecular weight excluding hydrogens is 338 g/mol. The van der Waals surface area contributed by atoms with Gasteiger partial charge in [-0.3, -0.25) is 10.4 Å². The highest BCUT2D eigenvalue weighted by molar-refractivity contribution is 6.02. The molecule has 2 heterocycles. The van der Waals surface area contributed by atoms with Gasteiger partial charge in [-0.15, -0.1) is 5.10 Å². The zero-order valence-corrected chi connectivity index (χ0v) is 14.5. The van der Waals surface area contributed by atoms with E-state index in [1.807, 2.05) is 66.7 Å². The molecule has 6 nitrogen and oxygen atoms in total. The molecule has 0 unspecified atom stereocenters. The van der Waals surface area contributed by atoms with Crippen LogP contribution in [0, 0.1) is 0 Å². The van der Waals surface area contributed by atoms with Crippen molar-refractivity contribution >= 4 is 22.3 Å². The number of hydrogen-bond donors (Lipinski definition) is 1. The third-order valence-corrected chi connectivity index (χ3v) is 3.98. The number of pyridine rings is 1. The molecule has 4 aromatic rings. The van der Waals surface area contributed by atoms with Gasteiger partial charge in [-0.2, -0.15) is 10.2 Å². The van der Waals surface area contributed by atoms with Crippen molar-refractivity contribution in [2.24, 2.45) is 5.10 Å². The zero-order chi connectivity index (χ0) is 18.3. The number of hydrazone groups is 1. The van der Waals surface area contributed by atoms with Gasteiger partial charge >= 0.3 is 0 Å². The van der Waals surface area contributed by atoms with Crippen LogP contribution in [0.5, 0.6) is 5.75 Å². The van der Waals surface area contributed by atoms with Crippen LogP contribution in [-0.2, 0) is 0 Å². The van der Waals surface area contributed by atoms with E-state index in [1.165, 1.54) is 0 Å². The summed E-state index contributed by atoms with van der Waals surface area (Å²) in [5.41, 5.74) is 4.75. The molecule has 27 heavy (non-hydrogen) atoms. The summed E-state index contributed by atoms with van der Waals surface area (Å²) in [4.78, 5) is 4.06. The van der Waals surface area contributed by atoms with Gasteiger partial charge in [-0.25, -0.2) is 0 Å². The Morgan fingerprint density at radius 3 is 2.63 bits per heavy atom. The van der Waals surface area contributed by atoms with E-state index >= 15 is 0 Å². The molecule has 0 fully saturated rings. The van der Waals surface area contributed by atoms with Crippen LogP contribution in [0.15, 0.2) is 90.4 Å². The number of fused-ring (bicyclic) bond motifs is 1. The molecule has 0 aliphatic heterocycles. The number of benzene rings is 2. The summed E-state index contributed by atoms with van der Waals surface area (Å²) >= 11 is 0. The first-order chi connectivity index (χ1) is 13.4. The predicted octanol–water partition coefficient (Wildman–Crippen LogP) is 3.92. The minimum absolute atomic E-state index is 0.293. The van der Waals surface area contributed by atoms with E-state index in [-0.39, 0.29) is 0 Å². The van der Waals surface area contributed by atoms with Gasteiger partial charge < -0.3 is 4.74 Å². The molecular formula is C21H17N5O. The quantitative estimate of drug-likeness (QED) is 0.419. The van der Waals surface area contributed by atoms with Crippen LogP contribution >= 0.6 is 0 Å². The van der Waals surface area contributed by atoms with Crippen LogP contribution in [0.3, 0.4) is 0 Å². The van der Waals surface area contributed by atoms with Gasteiger partial charge in [0.1, 0.15) is 18.1 Å². The minimum atomic E-state index is 0.293. The molecule has 0 saturated heterocycles. The van der Waals surface area contributed by atoms with Gasteiger partial charge in [0.15, 0.2) is 5.82 Å². The van der Waals surface area contributed by atoms with Crippen molar-refractivity contribution in [2.45, 2.75) is 0 Å². The van der Waals surface area contributed by atoms with Gasteiger partial charge in [0.25, 0.3) is 0 Å². The molecule has 0 amide bonds. The molecule has 0 spiro atoms. The Morgan fingerprint density at radius 2 is 1.78 bits per heavy atom. The summed E-state index contributed by atoms with van der Waals surface area (Å²) in [6.07, 6.45) is 5.11. The van der Waals surface area contributed by atoms with Gasteiger partial charge in [0.05, 0.1) is 12.4 Å². The van der Waals surface area contributed by atoms with Crippen LogP contribution in [0.25, 0.3) is 10.8 Å². The van der Waals surface area contributed by atoms with E-state index < -0.39 is 0 Å². The highest BCUT2D eigenvalue weighted by Crippen LogP contribution is 2.19. The SMILES string of the molecule is c1ccc(/C(COc2cccnc2)=N\Nc2nncc3ccccc23)cc1. The molecule has 1 N–H and O–H groups in total. The number of anilines is 1. The van der Waals surface area contributed by atoms with E-state index in [9.17, 15) is 0 Å². The van der Waals surface area contributed by atoms with Gasteiger partial charge in [-0.1, -0.05) is 54.6 Å². The molecule has 2 aromatic heterocycles. The maximum absolute atomic E-state index is 5.83. The highest BCUT2D eigenvalue weighted by Gasteiger charge is 2.07. The fourth-order valence-corrected chi connectivity index (χ4v) is 2.63. The third kappa shape index (κ3) is 4.07. The normalized spacial score (nSPS) is 11.3. The summed E-state index contributed by atoms with van der Waals surface area (Å²) in [7, 11) is 0. The number of nitrogens with zero attached hydrogens (tertiary/aromatic N) is 4. The lowest BCUT2D eigenvalue weighted by atomic mass is 10.1. The fraction of sp³-hybridized carbons (Fsp3) is 0.0476. The summed E-state index contributed by atoms with van der Waals surface area (Å²) < 4.78 is 5.83. The lowest BCUT2D eigenvalue weighted by Crippen LogP contribution is -2.15. The third-order valence-electron chi connectivity index (χ3n) is 3.98. The fourth-order valence-electron chi connectivity index (χ4n) is 2.63. The maximum atomic E-state index is 5.83. The molecule has 0 aliphatic rings. The smallest absolute Gasteiger partial charge is 0.176 e. The molecule has 0 atom stereocenters. The summed E-state index contributed by atoms with van der Waals surface area (Å²) in [6, 6.07) is 21.5.